The smallest absolute Gasteiger partial charge is 0.123 e. The molecular weight excluding hydrogens is 889 g/mol. The molecule has 0 fully saturated rings. The molecule has 0 atom stereocenters. The van der Waals surface area contributed by atoms with E-state index in [9.17, 15) is 15.3 Å². The maximum absolute atomic E-state index is 9.38. The third-order valence-corrected chi connectivity index (χ3v) is 10.9. The number of hydrogen-bond donors (Lipinski definition) is 6. The molecule has 0 radical (unpaired) electrons. The molecule has 0 aliphatic rings. The molecule has 0 saturated carbocycles. The number of phenolic OH excluding ortho intramolecular Hbond substituents is 6. The van der Waals surface area contributed by atoms with Crippen LogP contribution in [0.3, 0.4) is 0 Å². The Bertz CT molecular complexity index is 2820. The molecule has 72 heavy (non-hydrogen) atoms. The van der Waals surface area contributed by atoms with Crippen molar-refractivity contribution < 1.29 is 30.6 Å². The van der Waals surface area contributed by atoms with E-state index >= 15 is 0 Å². The van der Waals surface area contributed by atoms with E-state index in [1.54, 1.807) is 91.0 Å². The minimum absolute atomic E-state index is 0. The summed E-state index contributed by atoms with van der Waals surface area (Å²) in [6.07, 6.45) is 4.57. The van der Waals surface area contributed by atoms with E-state index in [1.165, 1.54) is 22.3 Å². The van der Waals surface area contributed by atoms with Gasteiger partial charge in [0.2, 0.25) is 0 Å². The summed E-state index contributed by atoms with van der Waals surface area (Å²) in [7, 11) is 0. The molecule has 0 spiro atoms. The number of benzene rings is 10. The quantitative estimate of drug-likeness (QED) is 0.104. The van der Waals surface area contributed by atoms with Crippen molar-refractivity contribution >= 4 is 43.1 Å². The zero-order valence-electron chi connectivity index (χ0n) is 38.1. The second kappa shape index (κ2) is 34.4. The van der Waals surface area contributed by atoms with Gasteiger partial charge in [-0.25, -0.2) is 0 Å². The molecule has 10 aromatic carbocycles. The van der Waals surface area contributed by atoms with Gasteiger partial charge < -0.3 is 30.6 Å². The Morgan fingerprint density at radius 3 is 0.833 bits per heavy atom. The highest BCUT2D eigenvalue weighted by atomic mass is 16.3. The van der Waals surface area contributed by atoms with Crippen LogP contribution in [0.15, 0.2) is 206 Å². The van der Waals surface area contributed by atoms with E-state index in [0.717, 1.165) is 58.0 Å². The highest BCUT2D eigenvalue weighted by molar-refractivity contribution is 5.92. The highest BCUT2D eigenvalue weighted by Gasteiger charge is 2.01. The van der Waals surface area contributed by atoms with Crippen LogP contribution >= 0.6 is 0 Å². The fourth-order valence-corrected chi connectivity index (χ4v) is 6.91. The van der Waals surface area contributed by atoms with Crippen LogP contribution in [-0.4, -0.2) is 30.6 Å². The van der Waals surface area contributed by atoms with E-state index in [4.69, 9.17) is 15.3 Å². The fraction of sp³-hybridized carbons (Fsp3) is 0.212. The molecule has 0 unspecified atom stereocenters. The number of rotatable bonds is 4. The molecule has 10 rings (SSSR count). The lowest BCUT2D eigenvalue weighted by Crippen LogP contribution is -1.81. The van der Waals surface area contributed by atoms with Gasteiger partial charge in [-0.3, -0.25) is 0 Å². The Hall–Kier alpha value is -7.96. The van der Waals surface area contributed by atoms with Crippen molar-refractivity contribution in [2.24, 2.45) is 0 Å². The first-order valence-electron chi connectivity index (χ1n) is 22.3. The Kier molecular flexibility index (Phi) is 31.5. The lowest BCUT2D eigenvalue weighted by Gasteiger charge is -2.01. The number of aryl methyl sites for hydroxylation is 4. The van der Waals surface area contributed by atoms with E-state index in [2.05, 4.69) is 76.2 Å². The Morgan fingerprint density at radius 2 is 0.500 bits per heavy atom. The first-order chi connectivity index (χ1) is 32.0. The highest BCUT2D eigenvalue weighted by Crippen LogP contribution is 2.30. The van der Waals surface area contributed by atoms with Gasteiger partial charge in [-0.05, 0) is 136 Å². The number of hydrogen-bond acceptors (Lipinski definition) is 6. The van der Waals surface area contributed by atoms with Crippen LogP contribution in [0.2, 0.25) is 0 Å². The zero-order valence-corrected chi connectivity index (χ0v) is 38.1. The fourth-order valence-electron chi connectivity index (χ4n) is 6.91. The van der Waals surface area contributed by atoms with Crippen molar-refractivity contribution in [1.29, 1.82) is 0 Å². The van der Waals surface area contributed by atoms with E-state index in [-0.39, 0.29) is 67.6 Å². The van der Waals surface area contributed by atoms with Crippen LogP contribution in [0.1, 0.15) is 94.5 Å². The topological polar surface area (TPSA) is 121 Å². The summed E-state index contributed by atoms with van der Waals surface area (Å²) in [6, 6.07) is 64.5. The third-order valence-electron chi connectivity index (χ3n) is 10.9. The monoisotopic (exact) mass is 973 g/mol. The van der Waals surface area contributed by atoms with E-state index in [0.29, 0.717) is 22.3 Å². The van der Waals surface area contributed by atoms with Crippen LogP contribution in [0, 0.1) is 0 Å². The SMILES string of the molecule is C.C.C.C.C.C.CCc1ccc(CC)cc1.CCc1ccc(CC)cc1.Oc1ccc2c(O)cccc2c1.Oc1ccc2ccccc2c1.Oc1ccc2ccccc2c1.Oc1cccc2c(O)cccc12. The Labute approximate surface area is 432 Å². The summed E-state index contributed by atoms with van der Waals surface area (Å²) in [4.78, 5) is 0. The average Bonchev–Trinajstić information content (AvgIpc) is 3.35. The van der Waals surface area contributed by atoms with Gasteiger partial charge in [0.25, 0.3) is 0 Å². The molecule has 0 aliphatic carbocycles. The summed E-state index contributed by atoms with van der Waals surface area (Å²) < 4.78 is 0. The molecule has 6 heteroatoms. The maximum Gasteiger partial charge on any atom is 0.123 e. The second-order valence-corrected chi connectivity index (χ2v) is 15.4. The van der Waals surface area contributed by atoms with Crippen molar-refractivity contribution in [2.45, 2.75) is 97.9 Å². The van der Waals surface area contributed by atoms with Gasteiger partial charge in [-0.2, -0.15) is 0 Å². The standard InChI is InChI=1S/2C10H8O2.2C10H8O.2C10H14.6CH4/c11-9-5-1-3-7-8(9)4-2-6-10(7)12;11-8-4-5-9-7(6-8)2-1-3-10(9)12;2*11-10-6-5-8-3-1-2-4-9(8)7-10;2*1-3-9-5-7-10(4-2)8-6-9;;;;;;/h2*1-6,11-12H;2*1-7,11H;2*5-8H,3-4H2,1-2H3;6*1H4. The van der Waals surface area contributed by atoms with Crippen molar-refractivity contribution in [3.05, 3.63) is 229 Å². The van der Waals surface area contributed by atoms with Crippen molar-refractivity contribution in [3.8, 4) is 34.5 Å². The van der Waals surface area contributed by atoms with Crippen LogP contribution < -0.4 is 0 Å². The molecule has 0 bridgehead atoms. The summed E-state index contributed by atoms with van der Waals surface area (Å²) in [5.74, 6) is 1.50. The lowest BCUT2D eigenvalue weighted by molar-refractivity contribution is 0.474. The molecular formula is C66H84O6. The molecule has 0 saturated heterocycles. The van der Waals surface area contributed by atoms with Gasteiger partial charge in [0.15, 0.2) is 0 Å². The molecule has 10 aromatic rings. The van der Waals surface area contributed by atoms with Gasteiger partial charge in [0.1, 0.15) is 34.5 Å². The van der Waals surface area contributed by atoms with Gasteiger partial charge in [-0.1, -0.05) is 218 Å². The zero-order chi connectivity index (χ0) is 47.3. The van der Waals surface area contributed by atoms with Gasteiger partial charge in [0, 0.05) is 16.2 Å². The number of aromatic hydroxyl groups is 6. The first kappa shape index (κ1) is 66.1. The minimum Gasteiger partial charge on any atom is -0.508 e. The first-order valence-corrected chi connectivity index (χ1v) is 22.3. The van der Waals surface area contributed by atoms with Gasteiger partial charge in [-0.15, -0.1) is 0 Å². The van der Waals surface area contributed by atoms with Crippen LogP contribution in [0.5, 0.6) is 34.5 Å². The number of phenols is 6. The van der Waals surface area contributed by atoms with E-state index < -0.39 is 0 Å². The predicted molar refractivity (Wildman–Crippen MR) is 317 cm³/mol. The normalized spacial score (nSPS) is 9.28. The average molecular weight is 973 g/mol. The van der Waals surface area contributed by atoms with Crippen molar-refractivity contribution in [3.63, 3.8) is 0 Å². The van der Waals surface area contributed by atoms with Crippen molar-refractivity contribution in [1.82, 2.24) is 0 Å². The van der Waals surface area contributed by atoms with Crippen molar-refractivity contribution in [2.75, 3.05) is 0 Å². The third kappa shape index (κ3) is 20.2. The van der Waals surface area contributed by atoms with E-state index in [1.807, 2.05) is 66.7 Å². The Balaban J connectivity index is 0. The largest absolute Gasteiger partial charge is 0.508 e. The summed E-state index contributed by atoms with van der Waals surface area (Å²) in [6.45, 7) is 8.73. The van der Waals surface area contributed by atoms with Crippen LogP contribution in [-0.2, 0) is 25.7 Å². The molecule has 384 valence electrons. The summed E-state index contributed by atoms with van der Waals surface area (Å²) in [5, 5.41) is 63.0. The van der Waals surface area contributed by atoms with Crippen LogP contribution in [0.4, 0.5) is 0 Å². The van der Waals surface area contributed by atoms with Gasteiger partial charge in [0.05, 0.1) is 0 Å². The number of fused-ring (bicyclic) bond motifs is 4. The molecule has 6 N–H and O–H groups in total. The molecule has 0 aromatic heterocycles. The summed E-state index contributed by atoms with van der Waals surface area (Å²) in [5.41, 5.74) is 5.71. The molecule has 0 heterocycles. The van der Waals surface area contributed by atoms with Gasteiger partial charge >= 0.3 is 0 Å². The Morgan fingerprint density at radius 1 is 0.236 bits per heavy atom. The second-order valence-electron chi connectivity index (χ2n) is 15.4. The maximum atomic E-state index is 9.38. The molecule has 6 nitrogen and oxygen atoms in total. The molecule has 0 amide bonds. The van der Waals surface area contributed by atoms with Crippen LogP contribution in [0.25, 0.3) is 43.1 Å². The lowest BCUT2D eigenvalue weighted by atomic mass is 10.1. The molecule has 0 aliphatic heterocycles. The minimum atomic E-state index is 0. The summed E-state index contributed by atoms with van der Waals surface area (Å²) >= 11 is 0. The predicted octanol–water partition coefficient (Wildman–Crippen LogP) is 19.0.